The molecule has 28 heavy (non-hydrogen) atoms. The number of amides is 1. The predicted molar refractivity (Wildman–Crippen MR) is 109 cm³/mol. The molecule has 0 radical (unpaired) electrons. The molecule has 1 heterocycles. The maximum atomic E-state index is 12.7. The minimum absolute atomic E-state index is 0.189. The Balaban J connectivity index is 1.68. The molecule has 0 bridgehead atoms. The van der Waals surface area contributed by atoms with Crippen LogP contribution in [0.2, 0.25) is 0 Å². The number of sulfonamides is 1. The van der Waals surface area contributed by atoms with E-state index in [2.05, 4.69) is 10.4 Å². The summed E-state index contributed by atoms with van der Waals surface area (Å²) in [6.45, 7) is 5.09. The van der Waals surface area contributed by atoms with Gasteiger partial charge in [0.15, 0.2) is 5.69 Å². The van der Waals surface area contributed by atoms with Crippen molar-refractivity contribution in [3.05, 3.63) is 46.8 Å². The normalized spacial score (nSPS) is 13.7. The van der Waals surface area contributed by atoms with E-state index >= 15 is 0 Å². The molecule has 2 aromatic rings. The number of aromatic nitrogens is 2. The van der Waals surface area contributed by atoms with Gasteiger partial charge in [0.1, 0.15) is 0 Å². The maximum Gasteiger partial charge on any atom is 0.272 e. The number of hydrogen-bond acceptors (Lipinski definition) is 4. The highest BCUT2D eigenvalue weighted by Gasteiger charge is 2.26. The van der Waals surface area contributed by atoms with Crippen LogP contribution in [0.5, 0.6) is 0 Å². The second kappa shape index (κ2) is 8.45. The highest BCUT2D eigenvalue weighted by molar-refractivity contribution is 7.88. The molecular weight excluding hydrogens is 376 g/mol. The van der Waals surface area contributed by atoms with Crippen LogP contribution in [-0.2, 0) is 22.9 Å². The van der Waals surface area contributed by atoms with Crippen molar-refractivity contribution in [3.8, 4) is 5.69 Å². The summed E-state index contributed by atoms with van der Waals surface area (Å²) < 4.78 is 26.5. The number of carbonyl (C=O) groups excluding carboxylic acids is 1. The van der Waals surface area contributed by atoms with Crippen LogP contribution in [0.15, 0.2) is 24.3 Å². The molecule has 1 aliphatic rings. The molecule has 0 aliphatic heterocycles. The number of nitrogens with zero attached hydrogens (tertiary/aromatic N) is 3. The van der Waals surface area contributed by atoms with Crippen LogP contribution in [0, 0.1) is 6.92 Å². The second-order valence-corrected chi connectivity index (χ2v) is 9.22. The number of rotatable bonds is 8. The van der Waals surface area contributed by atoms with Crippen molar-refractivity contribution in [3.63, 3.8) is 0 Å². The lowest BCUT2D eigenvalue weighted by molar-refractivity contribution is 0.0946. The average molecular weight is 405 g/mol. The quantitative estimate of drug-likeness (QED) is 0.683. The fraction of sp³-hybridized carbons (Fsp3) is 0.500. The minimum Gasteiger partial charge on any atom is -0.351 e. The molecule has 1 amide bonds. The maximum absolute atomic E-state index is 12.7. The first-order valence-corrected chi connectivity index (χ1v) is 11.6. The molecule has 7 nitrogen and oxygen atoms in total. The zero-order chi connectivity index (χ0) is 20.3. The fourth-order valence-electron chi connectivity index (χ4n) is 3.62. The largest absolute Gasteiger partial charge is 0.351 e. The molecule has 0 atom stereocenters. The Bertz CT molecular complexity index is 949. The van der Waals surface area contributed by atoms with Gasteiger partial charge in [0.2, 0.25) is 10.0 Å². The lowest BCUT2D eigenvalue weighted by Crippen LogP contribution is -2.33. The summed E-state index contributed by atoms with van der Waals surface area (Å²) in [6, 6.07) is 8.12. The van der Waals surface area contributed by atoms with E-state index in [0.29, 0.717) is 31.7 Å². The summed E-state index contributed by atoms with van der Waals surface area (Å²) in [5.74, 6) is -0.189. The fourth-order valence-corrected chi connectivity index (χ4v) is 4.55. The topological polar surface area (TPSA) is 84.3 Å². The molecular formula is C20H28N4O3S. The standard InChI is InChI=1S/C20H28N4O3S/c1-4-23(28(3,26)27)14-6-13-21-20(25)19-17-7-5-8-18(17)24(22-19)16-11-9-15(2)10-12-16/h9-12H,4-8,13-14H2,1-3H3,(H,21,25). The molecule has 3 rings (SSSR count). The third-order valence-electron chi connectivity index (χ3n) is 5.12. The molecule has 152 valence electrons. The number of carbonyl (C=O) groups is 1. The Morgan fingerprint density at radius 1 is 1.25 bits per heavy atom. The molecule has 1 aliphatic carbocycles. The molecule has 1 aromatic carbocycles. The van der Waals surface area contributed by atoms with Gasteiger partial charge in [-0.2, -0.15) is 5.10 Å². The summed E-state index contributed by atoms with van der Waals surface area (Å²) in [4.78, 5) is 12.7. The number of fused-ring (bicyclic) bond motifs is 1. The van der Waals surface area contributed by atoms with Gasteiger partial charge in [0, 0.05) is 30.9 Å². The summed E-state index contributed by atoms with van der Waals surface area (Å²) in [6.07, 6.45) is 4.58. The Morgan fingerprint density at radius 3 is 2.61 bits per heavy atom. The number of aryl methyl sites for hydroxylation is 1. The van der Waals surface area contributed by atoms with Crippen molar-refractivity contribution in [1.29, 1.82) is 0 Å². The van der Waals surface area contributed by atoms with Crippen LogP contribution in [0.25, 0.3) is 5.69 Å². The molecule has 0 saturated heterocycles. The average Bonchev–Trinajstić information content (AvgIpc) is 3.24. The molecule has 0 unspecified atom stereocenters. The number of nitrogens with one attached hydrogen (secondary N) is 1. The van der Waals surface area contributed by atoms with Gasteiger partial charge in [-0.25, -0.2) is 17.4 Å². The van der Waals surface area contributed by atoms with Crippen LogP contribution in [0.4, 0.5) is 0 Å². The van der Waals surface area contributed by atoms with Crippen molar-refractivity contribution in [2.45, 2.75) is 39.5 Å². The van der Waals surface area contributed by atoms with Crippen LogP contribution in [-0.4, -0.2) is 54.3 Å². The Labute approximate surface area is 166 Å². The van der Waals surface area contributed by atoms with Crippen LogP contribution in [0.3, 0.4) is 0 Å². The van der Waals surface area contributed by atoms with Gasteiger partial charge in [0.05, 0.1) is 11.9 Å². The first-order valence-electron chi connectivity index (χ1n) is 9.72. The lowest BCUT2D eigenvalue weighted by atomic mass is 10.2. The third-order valence-corrected chi connectivity index (χ3v) is 6.49. The molecule has 0 fully saturated rings. The van der Waals surface area contributed by atoms with Gasteiger partial charge in [-0.1, -0.05) is 24.6 Å². The van der Waals surface area contributed by atoms with E-state index in [1.165, 1.54) is 16.1 Å². The van der Waals surface area contributed by atoms with Gasteiger partial charge in [-0.15, -0.1) is 0 Å². The van der Waals surface area contributed by atoms with Crippen molar-refractivity contribution < 1.29 is 13.2 Å². The summed E-state index contributed by atoms with van der Waals surface area (Å²) in [5, 5.41) is 7.50. The summed E-state index contributed by atoms with van der Waals surface area (Å²) in [7, 11) is -3.20. The van der Waals surface area contributed by atoms with Crippen molar-refractivity contribution in [2.24, 2.45) is 0 Å². The highest BCUT2D eigenvalue weighted by Crippen LogP contribution is 2.27. The highest BCUT2D eigenvalue weighted by atomic mass is 32.2. The van der Waals surface area contributed by atoms with E-state index in [1.54, 1.807) is 6.92 Å². The van der Waals surface area contributed by atoms with Gasteiger partial charge < -0.3 is 5.32 Å². The van der Waals surface area contributed by atoms with Crippen LogP contribution < -0.4 is 5.32 Å². The van der Waals surface area contributed by atoms with E-state index < -0.39 is 10.0 Å². The van der Waals surface area contributed by atoms with E-state index in [1.807, 2.05) is 35.9 Å². The predicted octanol–water partition coefficient (Wildman–Crippen LogP) is 2.07. The van der Waals surface area contributed by atoms with Crippen LogP contribution >= 0.6 is 0 Å². The SMILES string of the molecule is CCN(CCCNC(=O)c1nn(-c2ccc(C)cc2)c2c1CCC2)S(C)(=O)=O. The zero-order valence-electron chi connectivity index (χ0n) is 16.7. The van der Waals surface area contributed by atoms with Gasteiger partial charge in [0.25, 0.3) is 5.91 Å². The van der Waals surface area contributed by atoms with Crippen molar-refractivity contribution in [2.75, 3.05) is 25.9 Å². The minimum atomic E-state index is -3.20. The van der Waals surface area contributed by atoms with Gasteiger partial charge in [-0.3, -0.25) is 4.79 Å². The zero-order valence-corrected chi connectivity index (χ0v) is 17.6. The van der Waals surface area contributed by atoms with E-state index in [4.69, 9.17) is 0 Å². The molecule has 1 N–H and O–H groups in total. The Morgan fingerprint density at radius 2 is 1.96 bits per heavy atom. The number of hydrogen-bond donors (Lipinski definition) is 1. The van der Waals surface area contributed by atoms with E-state index in [-0.39, 0.29) is 5.91 Å². The van der Waals surface area contributed by atoms with Crippen molar-refractivity contribution >= 4 is 15.9 Å². The third kappa shape index (κ3) is 4.44. The molecule has 0 spiro atoms. The molecule has 1 aromatic heterocycles. The first-order chi connectivity index (χ1) is 13.3. The van der Waals surface area contributed by atoms with Gasteiger partial charge >= 0.3 is 0 Å². The lowest BCUT2D eigenvalue weighted by Gasteiger charge is -2.17. The second-order valence-electron chi connectivity index (χ2n) is 7.24. The van der Waals surface area contributed by atoms with Gasteiger partial charge in [-0.05, 0) is 44.7 Å². The van der Waals surface area contributed by atoms with E-state index in [9.17, 15) is 13.2 Å². The Kier molecular flexibility index (Phi) is 6.20. The summed E-state index contributed by atoms with van der Waals surface area (Å²) in [5.41, 5.74) is 4.78. The molecule has 0 saturated carbocycles. The van der Waals surface area contributed by atoms with Crippen molar-refractivity contribution in [1.82, 2.24) is 19.4 Å². The van der Waals surface area contributed by atoms with Crippen LogP contribution in [0.1, 0.15) is 47.1 Å². The monoisotopic (exact) mass is 404 g/mol. The summed E-state index contributed by atoms with van der Waals surface area (Å²) >= 11 is 0. The number of benzene rings is 1. The smallest absolute Gasteiger partial charge is 0.272 e. The molecule has 8 heteroatoms. The van der Waals surface area contributed by atoms with E-state index in [0.717, 1.165) is 36.2 Å². The first kappa shape index (κ1) is 20.5. The Hall–Kier alpha value is -2.19.